The number of benzene rings is 1. The number of piperidine rings is 1. The quantitative estimate of drug-likeness (QED) is 0.806. The van der Waals surface area contributed by atoms with Crippen molar-refractivity contribution in [1.29, 1.82) is 0 Å². The number of rotatable bonds is 5. The average Bonchev–Trinajstić information content (AvgIpc) is 3.13. The minimum absolute atomic E-state index is 0. The van der Waals surface area contributed by atoms with Gasteiger partial charge in [0, 0.05) is 37.7 Å². The van der Waals surface area contributed by atoms with Crippen LogP contribution >= 0.6 is 12.4 Å². The van der Waals surface area contributed by atoms with Crippen molar-refractivity contribution in [3.63, 3.8) is 0 Å². The molecule has 0 radical (unpaired) electrons. The Bertz CT molecular complexity index is 830. The second-order valence-corrected chi connectivity index (χ2v) is 7.91. The standard InChI is InChI=1S/C21H29N5O2.ClH/c1-15(2)28-18-6-4-3-5-17(18)13-20(27)25-10-7-16(8-11-25)21-24-23-19-14-22-9-12-26(19)21;/h3-6,15-16,22H,7-14H2,1-2H3;1H. The molecule has 1 aromatic heterocycles. The first-order valence-electron chi connectivity index (χ1n) is 10.3. The summed E-state index contributed by atoms with van der Waals surface area (Å²) in [5.41, 5.74) is 0.961. The van der Waals surface area contributed by atoms with Crippen molar-refractivity contribution in [1.82, 2.24) is 25.0 Å². The molecule has 3 heterocycles. The molecule has 1 aromatic carbocycles. The van der Waals surface area contributed by atoms with Gasteiger partial charge in [-0.3, -0.25) is 4.79 Å². The topological polar surface area (TPSA) is 72.3 Å². The van der Waals surface area contributed by atoms with Crippen LogP contribution in [0.5, 0.6) is 5.75 Å². The minimum Gasteiger partial charge on any atom is -0.491 e. The first-order chi connectivity index (χ1) is 13.6. The molecule has 0 saturated carbocycles. The number of fused-ring (bicyclic) bond motifs is 1. The lowest BCUT2D eigenvalue weighted by atomic mass is 9.95. The molecule has 0 bridgehead atoms. The van der Waals surface area contributed by atoms with Gasteiger partial charge >= 0.3 is 0 Å². The lowest BCUT2D eigenvalue weighted by molar-refractivity contribution is -0.131. The van der Waals surface area contributed by atoms with Crippen molar-refractivity contribution in [3.05, 3.63) is 41.5 Å². The van der Waals surface area contributed by atoms with Gasteiger partial charge in [-0.1, -0.05) is 18.2 Å². The summed E-state index contributed by atoms with van der Waals surface area (Å²) in [6.45, 7) is 8.25. The van der Waals surface area contributed by atoms with Crippen LogP contribution in [0, 0.1) is 0 Å². The molecule has 1 fully saturated rings. The zero-order valence-corrected chi connectivity index (χ0v) is 18.0. The van der Waals surface area contributed by atoms with E-state index in [4.69, 9.17) is 4.74 Å². The van der Waals surface area contributed by atoms with Crippen LogP contribution in [0.25, 0.3) is 0 Å². The van der Waals surface area contributed by atoms with Gasteiger partial charge in [0.2, 0.25) is 5.91 Å². The molecule has 0 spiro atoms. The van der Waals surface area contributed by atoms with Crippen molar-refractivity contribution >= 4 is 18.3 Å². The van der Waals surface area contributed by atoms with E-state index in [1.165, 1.54) is 0 Å². The molecule has 158 valence electrons. The highest BCUT2D eigenvalue weighted by molar-refractivity contribution is 5.85. The summed E-state index contributed by atoms with van der Waals surface area (Å²) in [5, 5.41) is 12.1. The fraction of sp³-hybridized carbons (Fsp3) is 0.571. The van der Waals surface area contributed by atoms with Crippen molar-refractivity contribution in [2.75, 3.05) is 19.6 Å². The largest absolute Gasteiger partial charge is 0.491 e. The number of carbonyl (C=O) groups is 1. The maximum absolute atomic E-state index is 12.9. The van der Waals surface area contributed by atoms with E-state index in [0.29, 0.717) is 12.3 Å². The summed E-state index contributed by atoms with van der Waals surface area (Å²) in [6.07, 6.45) is 2.37. The van der Waals surface area contributed by atoms with Crippen LogP contribution < -0.4 is 10.1 Å². The maximum Gasteiger partial charge on any atom is 0.227 e. The van der Waals surface area contributed by atoms with Crippen LogP contribution in [0.3, 0.4) is 0 Å². The van der Waals surface area contributed by atoms with E-state index in [-0.39, 0.29) is 24.4 Å². The molecule has 0 unspecified atom stereocenters. The SMILES string of the molecule is CC(C)Oc1ccccc1CC(=O)N1CCC(c2nnc3n2CCNC3)CC1.Cl. The monoisotopic (exact) mass is 419 g/mol. The number of carbonyl (C=O) groups excluding carboxylic acids is 1. The molecule has 2 aromatic rings. The van der Waals surface area contributed by atoms with E-state index in [2.05, 4.69) is 20.1 Å². The fourth-order valence-electron chi connectivity index (χ4n) is 4.10. The van der Waals surface area contributed by atoms with Crippen LogP contribution in [0.15, 0.2) is 24.3 Å². The van der Waals surface area contributed by atoms with Crippen LogP contribution in [0.4, 0.5) is 0 Å². The Kier molecular flexibility index (Phi) is 7.14. The minimum atomic E-state index is 0. The molecule has 8 heteroatoms. The van der Waals surface area contributed by atoms with Gasteiger partial charge in [0.1, 0.15) is 17.4 Å². The predicted molar refractivity (Wildman–Crippen MR) is 113 cm³/mol. The number of hydrogen-bond acceptors (Lipinski definition) is 5. The number of amides is 1. The molecule has 1 amide bonds. The highest BCUT2D eigenvalue weighted by atomic mass is 35.5. The van der Waals surface area contributed by atoms with Crippen LogP contribution in [-0.2, 0) is 24.3 Å². The number of likely N-dealkylation sites (tertiary alicyclic amines) is 1. The second-order valence-electron chi connectivity index (χ2n) is 7.91. The van der Waals surface area contributed by atoms with Crippen LogP contribution in [-0.4, -0.2) is 51.3 Å². The number of ether oxygens (including phenoxy) is 1. The van der Waals surface area contributed by atoms with E-state index in [0.717, 1.165) is 68.5 Å². The predicted octanol–water partition coefficient (Wildman–Crippen LogP) is 2.54. The summed E-state index contributed by atoms with van der Waals surface area (Å²) >= 11 is 0. The molecular weight excluding hydrogens is 390 g/mol. The smallest absolute Gasteiger partial charge is 0.227 e. The van der Waals surface area contributed by atoms with Gasteiger partial charge in [-0.15, -0.1) is 22.6 Å². The third kappa shape index (κ3) is 4.90. The molecule has 1 saturated heterocycles. The summed E-state index contributed by atoms with van der Waals surface area (Å²) in [4.78, 5) is 14.8. The molecule has 2 aliphatic rings. The molecule has 1 N–H and O–H groups in total. The van der Waals surface area contributed by atoms with E-state index in [1.807, 2.05) is 43.0 Å². The van der Waals surface area contributed by atoms with Gasteiger partial charge in [-0.05, 0) is 32.8 Å². The van der Waals surface area contributed by atoms with Crippen molar-refractivity contribution in [2.24, 2.45) is 0 Å². The number of para-hydroxylation sites is 1. The maximum atomic E-state index is 12.9. The first kappa shape index (κ1) is 21.6. The number of aromatic nitrogens is 3. The van der Waals surface area contributed by atoms with Gasteiger partial charge < -0.3 is 19.5 Å². The van der Waals surface area contributed by atoms with E-state index < -0.39 is 0 Å². The molecule has 0 atom stereocenters. The first-order valence-corrected chi connectivity index (χ1v) is 10.3. The van der Waals surface area contributed by atoms with Crippen molar-refractivity contribution in [2.45, 2.75) is 58.2 Å². The summed E-state index contributed by atoms with van der Waals surface area (Å²) < 4.78 is 8.12. The van der Waals surface area contributed by atoms with Gasteiger partial charge in [0.05, 0.1) is 19.1 Å². The zero-order chi connectivity index (χ0) is 19.5. The van der Waals surface area contributed by atoms with Gasteiger partial charge in [-0.2, -0.15) is 0 Å². The molecular formula is C21H30ClN5O2. The molecule has 2 aliphatic heterocycles. The number of nitrogens with one attached hydrogen (secondary N) is 1. The summed E-state index contributed by atoms with van der Waals surface area (Å²) in [6, 6.07) is 7.84. The Balaban J connectivity index is 0.00000240. The summed E-state index contributed by atoms with van der Waals surface area (Å²) in [5.74, 6) is 3.50. The van der Waals surface area contributed by atoms with E-state index in [1.54, 1.807) is 0 Å². The Labute approximate surface area is 178 Å². The second kappa shape index (κ2) is 9.59. The zero-order valence-electron chi connectivity index (χ0n) is 17.1. The van der Waals surface area contributed by atoms with E-state index in [9.17, 15) is 4.79 Å². The van der Waals surface area contributed by atoms with Crippen LogP contribution in [0.2, 0.25) is 0 Å². The van der Waals surface area contributed by atoms with Gasteiger partial charge in [0.25, 0.3) is 0 Å². The summed E-state index contributed by atoms with van der Waals surface area (Å²) in [7, 11) is 0. The van der Waals surface area contributed by atoms with Crippen molar-refractivity contribution in [3.8, 4) is 5.75 Å². The van der Waals surface area contributed by atoms with Crippen LogP contribution in [0.1, 0.15) is 49.8 Å². The Morgan fingerprint density at radius 3 is 2.72 bits per heavy atom. The number of hydrogen-bond donors (Lipinski definition) is 1. The molecule has 7 nitrogen and oxygen atoms in total. The Morgan fingerprint density at radius 1 is 1.21 bits per heavy atom. The lowest BCUT2D eigenvalue weighted by Gasteiger charge is -2.32. The third-order valence-electron chi connectivity index (χ3n) is 5.54. The van der Waals surface area contributed by atoms with E-state index >= 15 is 0 Å². The Morgan fingerprint density at radius 2 is 1.97 bits per heavy atom. The number of halogens is 1. The Hall–Kier alpha value is -2.12. The van der Waals surface area contributed by atoms with Crippen molar-refractivity contribution < 1.29 is 9.53 Å². The third-order valence-corrected chi connectivity index (χ3v) is 5.54. The highest BCUT2D eigenvalue weighted by Gasteiger charge is 2.29. The fourth-order valence-corrected chi connectivity index (χ4v) is 4.10. The highest BCUT2D eigenvalue weighted by Crippen LogP contribution is 2.29. The average molecular weight is 420 g/mol. The number of nitrogens with zero attached hydrogens (tertiary/aromatic N) is 4. The molecule has 4 rings (SSSR count). The lowest BCUT2D eigenvalue weighted by Crippen LogP contribution is -2.39. The van der Waals surface area contributed by atoms with Gasteiger partial charge in [0.15, 0.2) is 0 Å². The normalized spacial score (nSPS) is 17.0. The molecule has 0 aliphatic carbocycles. The van der Waals surface area contributed by atoms with Gasteiger partial charge in [-0.25, -0.2) is 0 Å². The molecule has 29 heavy (non-hydrogen) atoms.